The highest BCUT2D eigenvalue weighted by molar-refractivity contribution is 5.82. The van der Waals surface area contributed by atoms with Crippen molar-refractivity contribution >= 4 is 17.9 Å². The van der Waals surface area contributed by atoms with Gasteiger partial charge in [-0.3, -0.25) is 9.59 Å². The molecule has 0 heterocycles. The summed E-state index contributed by atoms with van der Waals surface area (Å²) in [5.41, 5.74) is 2.79. The Kier molecular flexibility index (Phi) is 7.36. The summed E-state index contributed by atoms with van der Waals surface area (Å²) in [6.45, 7) is 10.0. The van der Waals surface area contributed by atoms with Crippen molar-refractivity contribution in [2.24, 2.45) is 0 Å². The molecule has 0 atom stereocenters. The number of benzene rings is 1. The van der Waals surface area contributed by atoms with Crippen LogP contribution in [-0.4, -0.2) is 24.5 Å². The predicted octanol–water partition coefficient (Wildman–Crippen LogP) is 3.12. The standard InChI is InChI=1S/C19H24O6/c1-7-23-17(22)10-8-9-16-13(4)18(24-14(5)20)11(2)12(3)19(16)25-15(6)21/h8,10H,7,9H2,1-6H3. The summed E-state index contributed by atoms with van der Waals surface area (Å²) in [6.07, 6.45) is 3.27. The Morgan fingerprint density at radius 1 is 0.880 bits per heavy atom. The minimum absolute atomic E-state index is 0.293. The summed E-state index contributed by atoms with van der Waals surface area (Å²) in [6, 6.07) is 0. The molecule has 0 aliphatic rings. The van der Waals surface area contributed by atoms with Gasteiger partial charge in [-0.1, -0.05) is 6.08 Å². The number of rotatable bonds is 6. The molecule has 6 heteroatoms. The highest BCUT2D eigenvalue weighted by Crippen LogP contribution is 2.38. The Labute approximate surface area is 147 Å². The van der Waals surface area contributed by atoms with Crippen molar-refractivity contribution in [3.05, 3.63) is 34.4 Å². The lowest BCUT2D eigenvalue weighted by atomic mass is 9.95. The fraction of sp³-hybridized carbons (Fsp3) is 0.421. The molecule has 1 aromatic rings. The van der Waals surface area contributed by atoms with Crippen molar-refractivity contribution in [2.45, 2.75) is 48.0 Å². The number of hydrogen-bond donors (Lipinski definition) is 0. The average Bonchev–Trinajstić information content (AvgIpc) is 2.51. The maximum absolute atomic E-state index is 11.5. The van der Waals surface area contributed by atoms with Gasteiger partial charge in [-0.25, -0.2) is 4.79 Å². The number of carbonyl (C=O) groups is 3. The molecular formula is C19H24O6. The molecule has 0 N–H and O–H groups in total. The predicted molar refractivity (Wildman–Crippen MR) is 92.7 cm³/mol. The molecule has 0 radical (unpaired) electrons. The summed E-state index contributed by atoms with van der Waals surface area (Å²) in [5.74, 6) is -0.456. The van der Waals surface area contributed by atoms with Gasteiger partial charge in [0.05, 0.1) is 6.61 Å². The van der Waals surface area contributed by atoms with Crippen LogP contribution < -0.4 is 9.47 Å². The maximum Gasteiger partial charge on any atom is 0.330 e. The molecule has 0 aromatic heterocycles. The highest BCUT2D eigenvalue weighted by atomic mass is 16.5. The molecule has 25 heavy (non-hydrogen) atoms. The van der Waals surface area contributed by atoms with Crippen molar-refractivity contribution in [1.82, 2.24) is 0 Å². The van der Waals surface area contributed by atoms with Crippen LogP contribution in [0.3, 0.4) is 0 Å². The summed E-state index contributed by atoms with van der Waals surface area (Å²) < 4.78 is 15.5. The lowest BCUT2D eigenvalue weighted by molar-refractivity contribution is -0.137. The summed E-state index contributed by atoms with van der Waals surface area (Å²) in [5, 5.41) is 0. The minimum atomic E-state index is -0.447. The molecule has 0 saturated carbocycles. The number of carbonyl (C=O) groups excluding carboxylic acids is 3. The lowest BCUT2D eigenvalue weighted by Gasteiger charge is -2.20. The molecule has 0 spiro atoms. The third-order valence-electron chi connectivity index (χ3n) is 3.67. The molecule has 1 aromatic carbocycles. The van der Waals surface area contributed by atoms with E-state index in [-0.39, 0.29) is 0 Å². The van der Waals surface area contributed by atoms with Gasteiger partial charge in [-0.2, -0.15) is 0 Å². The molecule has 1 rings (SSSR count). The van der Waals surface area contributed by atoms with Gasteiger partial charge in [0, 0.05) is 25.5 Å². The van der Waals surface area contributed by atoms with Crippen LogP contribution in [0.4, 0.5) is 0 Å². The van der Waals surface area contributed by atoms with E-state index in [9.17, 15) is 14.4 Å². The number of allylic oxidation sites excluding steroid dienone is 1. The second-order valence-electron chi connectivity index (χ2n) is 5.56. The van der Waals surface area contributed by atoms with Crippen LogP contribution in [0.2, 0.25) is 0 Å². The van der Waals surface area contributed by atoms with E-state index in [1.807, 2.05) is 0 Å². The summed E-state index contributed by atoms with van der Waals surface area (Å²) >= 11 is 0. The van der Waals surface area contributed by atoms with Crippen molar-refractivity contribution < 1.29 is 28.6 Å². The zero-order valence-electron chi connectivity index (χ0n) is 15.5. The normalized spacial score (nSPS) is 10.6. The van der Waals surface area contributed by atoms with Crippen LogP contribution in [-0.2, 0) is 25.5 Å². The van der Waals surface area contributed by atoms with Gasteiger partial charge in [0.2, 0.25) is 0 Å². The quantitative estimate of drug-likeness (QED) is 0.446. The third kappa shape index (κ3) is 5.45. The van der Waals surface area contributed by atoms with E-state index in [4.69, 9.17) is 14.2 Å². The topological polar surface area (TPSA) is 78.9 Å². The van der Waals surface area contributed by atoms with E-state index in [0.29, 0.717) is 41.2 Å². The van der Waals surface area contributed by atoms with Crippen molar-refractivity contribution in [1.29, 1.82) is 0 Å². The smallest absolute Gasteiger partial charge is 0.330 e. The van der Waals surface area contributed by atoms with Crippen molar-refractivity contribution in [2.75, 3.05) is 6.61 Å². The van der Waals surface area contributed by atoms with E-state index in [1.54, 1.807) is 33.8 Å². The van der Waals surface area contributed by atoms with Gasteiger partial charge in [0.25, 0.3) is 0 Å². The molecular weight excluding hydrogens is 324 g/mol. The fourth-order valence-corrected chi connectivity index (χ4v) is 2.44. The molecule has 0 saturated heterocycles. The van der Waals surface area contributed by atoms with Gasteiger partial charge in [-0.15, -0.1) is 0 Å². The van der Waals surface area contributed by atoms with E-state index in [2.05, 4.69) is 0 Å². The van der Waals surface area contributed by atoms with Crippen molar-refractivity contribution in [3.63, 3.8) is 0 Å². The number of ether oxygens (including phenoxy) is 3. The first-order valence-corrected chi connectivity index (χ1v) is 8.01. The monoisotopic (exact) mass is 348 g/mol. The Morgan fingerprint density at radius 2 is 1.40 bits per heavy atom. The largest absolute Gasteiger partial charge is 0.463 e. The van der Waals surface area contributed by atoms with Crippen LogP contribution in [0, 0.1) is 20.8 Å². The van der Waals surface area contributed by atoms with Gasteiger partial charge < -0.3 is 14.2 Å². The molecule has 0 unspecified atom stereocenters. The zero-order chi connectivity index (χ0) is 19.1. The molecule has 0 amide bonds. The first-order valence-electron chi connectivity index (χ1n) is 8.01. The molecule has 0 bridgehead atoms. The van der Waals surface area contributed by atoms with E-state index >= 15 is 0 Å². The van der Waals surface area contributed by atoms with Gasteiger partial charge in [0.1, 0.15) is 11.5 Å². The van der Waals surface area contributed by atoms with Crippen LogP contribution in [0.25, 0.3) is 0 Å². The van der Waals surface area contributed by atoms with Crippen LogP contribution in [0.5, 0.6) is 11.5 Å². The third-order valence-corrected chi connectivity index (χ3v) is 3.67. The van der Waals surface area contributed by atoms with E-state index in [1.165, 1.54) is 19.9 Å². The molecule has 0 fully saturated rings. The van der Waals surface area contributed by atoms with E-state index < -0.39 is 17.9 Å². The first-order chi connectivity index (χ1) is 11.7. The Morgan fingerprint density at radius 3 is 1.92 bits per heavy atom. The maximum atomic E-state index is 11.5. The Bertz CT molecular complexity index is 715. The first kappa shape index (κ1) is 20.4. The van der Waals surface area contributed by atoms with Crippen LogP contribution >= 0.6 is 0 Å². The Balaban J connectivity index is 3.38. The van der Waals surface area contributed by atoms with Crippen LogP contribution in [0.1, 0.15) is 43.0 Å². The summed E-state index contributed by atoms with van der Waals surface area (Å²) in [7, 11) is 0. The van der Waals surface area contributed by atoms with Gasteiger partial charge in [-0.05, 0) is 50.8 Å². The SMILES string of the molecule is CCOC(=O)C=CCc1c(C)c(OC(C)=O)c(C)c(C)c1OC(C)=O. The fourth-order valence-electron chi connectivity index (χ4n) is 2.44. The van der Waals surface area contributed by atoms with E-state index in [0.717, 1.165) is 5.56 Å². The molecule has 0 aliphatic carbocycles. The second-order valence-corrected chi connectivity index (χ2v) is 5.56. The molecule has 6 nitrogen and oxygen atoms in total. The molecule has 0 aliphatic heterocycles. The average molecular weight is 348 g/mol. The zero-order valence-corrected chi connectivity index (χ0v) is 15.5. The van der Waals surface area contributed by atoms with Crippen molar-refractivity contribution in [3.8, 4) is 11.5 Å². The summed E-state index contributed by atoms with van der Waals surface area (Å²) in [4.78, 5) is 34.3. The highest BCUT2D eigenvalue weighted by Gasteiger charge is 2.21. The molecule has 136 valence electrons. The van der Waals surface area contributed by atoms with Crippen LogP contribution in [0.15, 0.2) is 12.2 Å². The van der Waals surface area contributed by atoms with Gasteiger partial charge in [0.15, 0.2) is 0 Å². The minimum Gasteiger partial charge on any atom is -0.463 e. The Hall–Kier alpha value is -2.63. The second kappa shape index (κ2) is 9.01. The number of esters is 3. The number of hydrogen-bond acceptors (Lipinski definition) is 6. The lowest BCUT2D eigenvalue weighted by Crippen LogP contribution is -2.12. The van der Waals surface area contributed by atoms with Gasteiger partial charge >= 0.3 is 17.9 Å².